The molecule has 2 aliphatic rings. The first-order chi connectivity index (χ1) is 9.21. The Labute approximate surface area is 122 Å². The number of rotatable bonds is 0. The molecule has 110 valence electrons. The lowest BCUT2D eigenvalue weighted by molar-refractivity contribution is 0.187. The van der Waals surface area contributed by atoms with Crippen LogP contribution in [0.4, 0.5) is 0 Å². The Morgan fingerprint density at radius 3 is 2.55 bits per heavy atom. The molecule has 0 aromatic heterocycles. The number of benzene rings is 1. The van der Waals surface area contributed by atoms with Crippen LogP contribution in [0.25, 0.3) is 0 Å². The van der Waals surface area contributed by atoms with E-state index in [1.165, 1.54) is 0 Å². The van der Waals surface area contributed by atoms with E-state index in [0.717, 1.165) is 30.4 Å². The van der Waals surface area contributed by atoms with Gasteiger partial charge in [0.15, 0.2) is 0 Å². The van der Waals surface area contributed by atoms with E-state index in [1.807, 2.05) is 23.4 Å². The normalized spacial score (nSPS) is 29.0. The van der Waals surface area contributed by atoms with E-state index in [4.69, 9.17) is 0 Å². The molecule has 4 heteroatoms. The first-order valence-corrected chi connectivity index (χ1v) is 8.78. The van der Waals surface area contributed by atoms with Gasteiger partial charge in [-0.2, -0.15) is 4.31 Å². The summed E-state index contributed by atoms with van der Waals surface area (Å²) in [7, 11) is -3.34. The highest BCUT2D eigenvalue weighted by atomic mass is 32.2. The molecule has 1 aromatic rings. The average molecular weight is 293 g/mol. The van der Waals surface area contributed by atoms with Crippen LogP contribution in [0, 0.1) is 12.3 Å². The summed E-state index contributed by atoms with van der Waals surface area (Å²) in [6.07, 6.45) is 2.82. The van der Waals surface area contributed by atoms with Gasteiger partial charge in [0, 0.05) is 12.1 Å². The molecule has 2 atom stereocenters. The molecule has 1 aromatic carbocycles. The summed E-state index contributed by atoms with van der Waals surface area (Å²) in [5.74, 6) is 0. The van der Waals surface area contributed by atoms with Gasteiger partial charge < -0.3 is 0 Å². The van der Waals surface area contributed by atoms with Crippen molar-refractivity contribution >= 4 is 10.0 Å². The summed E-state index contributed by atoms with van der Waals surface area (Å²) in [4.78, 5) is 0.524. The van der Waals surface area contributed by atoms with E-state index >= 15 is 0 Å². The molecule has 0 spiro atoms. The van der Waals surface area contributed by atoms with E-state index in [9.17, 15) is 8.42 Å². The van der Waals surface area contributed by atoms with Gasteiger partial charge in [0.25, 0.3) is 0 Å². The molecule has 2 aliphatic heterocycles. The van der Waals surface area contributed by atoms with Gasteiger partial charge in [0.05, 0.1) is 4.90 Å². The lowest BCUT2D eigenvalue weighted by atomic mass is 9.86. The summed E-state index contributed by atoms with van der Waals surface area (Å²) in [5, 5.41) is 0. The predicted octanol–water partition coefficient (Wildman–Crippen LogP) is 3.12. The van der Waals surface area contributed by atoms with Gasteiger partial charge in [0.1, 0.15) is 0 Å². The van der Waals surface area contributed by atoms with Crippen molar-refractivity contribution in [2.45, 2.75) is 63.9 Å². The van der Waals surface area contributed by atoms with E-state index in [1.54, 1.807) is 6.07 Å². The van der Waals surface area contributed by atoms with Gasteiger partial charge in [0.2, 0.25) is 10.0 Å². The lowest BCUT2D eigenvalue weighted by Crippen LogP contribution is -2.49. The van der Waals surface area contributed by atoms with Crippen molar-refractivity contribution in [3.05, 3.63) is 29.3 Å². The van der Waals surface area contributed by atoms with Crippen LogP contribution in [0.15, 0.2) is 23.1 Å². The standard InChI is InChI=1S/C16H23NO2S/c1-11-5-7-14-12(9-11)10-13-6-8-15(16(2,3)4)17(13)20(14,18)19/h5,7,9,13,15H,6,8,10H2,1-4H3/t13-,15+/m0/s1. The number of fused-ring (bicyclic) bond motifs is 2. The molecule has 0 amide bonds. The summed E-state index contributed by atoms with van der Waals surface area (Å²) >= 11 is 0. The molecule has 0 N–H and O–H groups in total. The minimum atomic E-state index is -3.34. The monoisotopic (exact) mass is 293 g/mol. The molecule has 0 unspecified atom stereocenters. The first-order valence-electron chi connectivity index (χ1n) is 7.34. The van der Waals surface area contributed by atoms with Crippen molar-refractivity contribution in [3.8, 4) is 0 Å². The molecule has 3 rings (SSSR count). The topological polar surface area (TPSA) is 37.4 Å². The average Bonchev–Trinajstić information content (AvgIpc) is 2.72. The molecule has 1 fully saturated rings. The smallest absolute Gasteiger partial charge is 0.207 e. The number of hydrogen-bond donors (Lipinski definition) is 0. The fourth-order valence-corrected chi connectivity index (χ4v) is 5.99. The Balaban J connectivity index is 2.13. The molecular weight excluding hydrogens is 270 g/mol. The third-order valence-electron chi connectivity index (χ3n) is 4.67. The zero-order valence-electron chi connectivity index (χ0n) is 12.7. The quantitative estimate of drug-likeness (QED) is 0.737. The van der Waals surface area contributed by atoms with Gasteiger partial charge in [-0.15, -0.1) is 0 Å². The number of sulfonamides is 1. The molecule has 1 saturated heterocycles. The van der Waals surface area contributed by atoms with Crippen molar-refractivity contribution in [1.82, 2.24) is 4.31 Å². The zero-order valence-corrected chi connectivity index (χ0v) is 13.5. The second kappa shape index (κ2) is 4.31. The summed E-state index contributed by atoms with van der Waals surface area (Å²) in [6, 6.07) is 5.99. The minimum Gasteiger partial charge on any atom is -0.207 e. The highest BCUT2D eigenvalue weighted by Gasteiger charge is 2.49. The van der Waals surface area contributed by atoms with E-state index in [-0.39, 0.29) is 17.5 Å². The number of hydrogen-bond acceptors (Lipinski definition) is 2. The second-order valence-electron chi connectivity index (χ2n) is 7.26. The van der Waals surface area contributed by atoms with Crippen molar-refractivity contribution in [2.75, 3.05) is 0 Å². The Morgan fingerprint density at radius 2 is 1.90 bits per heavy atom. The van der Waals surface area contributed by atoms with Crippen LogP contribution in [-0.2, 0) is 16.4 Å². The van der Waals surface area contributed by atoms with Crippen LogP contribution in [0.1, 0.15) is 44.7 Å². The van der Waals surface area contributed by atoms with Crippen molar-refractivity contribution in [2.24, 2.45) is 5.41 Å². The van der Waals surface area contributed by atoms with Crippen molar-refractivity contribution in [1.29, 1.82) is 0 Å². The first kappa shape index (κ1) is 14.1. The third kappa shape index (κ3) is 2.01. The number of aryl methyl sites for hydroxylation is 1. The van der Waals surface area contributed by atoms with E-state index < -0.39 is 10.0 Å². The van der Waals surface area contributed by atoms with Crippen LogP contribution in [-0.4, -0.2) is 24.8 Å². The molecule has 20 heavy (non-hydrogen) atoms. The Hall–Kier alpha value is -0.870. The molecule has 0 bridgehead atoms. The van der Waals surface area contributed by atoms with Gasteiger partial charge in [-0.25, -0.2) is 8.42 Å². The molecule has 0 saturated carbocycles. The van der Waals surface area contributed by atoms with Crippen LogP contribution >= 0.6 is 0 Å². The molecular formula is C16H23NO2S. The van der Waals surface area contributed by atoms with Crippen molar-refractivity contribution in [3.63, 3.8) is 0 Å². The van der Waals surface area contributed by atoms with Crippen LogP contribution in [0.2, 0.25) is 0 Å². The second-order valence-corrected chi connectivity index (χ2v) is 9.07. The maximum atomic E-state index is 13.0. The summed E-state index contributed by atoms with van der Waals surface area (Å²) in [6.45, 7) is 8.44. The maximum absolute atomic E-state index is 13.0. The largest absolute Gasteiger partial charge is 0.243 e. The Kier molecular flexibility index (Phi) is 3.04. The number of nitrogens with zero attached hydrogens (tertiary/aromatic N) is 1. The Bertz CT molecular complexity index is 643. The van der Waals surface area contributed by atoms with Crippen LogP contribution in [0.5, 0.6) is 0 Å². The molecule has 0 aliphatic carbocycles. The van der Waals surface area contributed by atoms with Crippen LogP contribution < -0.4 is 0 Å². The van der Waals surface area contributed by atoms with Gasteiger partial charge in [-0.1, -0.05) is 38.5 Å². The van der Waals surface area contributed by atoms with Gasteiger partial charge in [-0.3, -0.25) is 0 Å². The fraction of sp³-hybridized carbons (Fsp3) is 0.625. The SMILES string of the molecule is Cc1ccc2c(c1)C[C@@H]1CC[C@H](C(C)(C)C)N1S2(=O)=O. The Morgan fingerprint density at radius 1 is 1.20 bits per heavy atom. The van der Waals surface area contributed by atoms with Crippen molar-refractivity contribution < 1.29 is 8.42 Å². The third-order valence-corrected chi connectivity index (χ3v) is 6.73. The van der Waals surface area contributed by atoms with Gasteiger partial charge in [-0.05, 0) is 43.2 Å². The molecule has 2 heterocycles. The highest BCUT2D eigenvalue weighted by Crippen LogP contribution is 2.44. The zero-order chi connectivity index (χ0) is 14.7. The fourth-order valence-electron chi connectivity index (χ4n) is 3.72. The summed E-state index contributed by atoms with van der Waals surface area (Å²) in [5.41, 5.74) is 2.13. The predicted molar refractivity (Wildman–Crippen MR) is 80.2 cm³/mol. The van der Waals surface area contributed by atoms with E-state index in [0.29, 0.717) is 4.90 Å². The van der Waals surface area contributed by atoms with Gasteiger partial charge >= 0.3 is 0 Å². The van der Waals surface area contributed by atoms with Crippen LogP contribution in [0.3, 0.4) is 0 Å². The molecule has 3 nitrogen and oxygen atoms in total. The molecule has 0 radical (unpaired) electrons. The maximum Gasteiger partial charge on any atom is 0.243 e. The minimum absolute atomic E-state index is 0.00990. The lowest BCUT2D eigenvalue weighted by Gasteiger charge is -2.39. The van der Waals surface area contributed by atoms with E-state index in [2.05, 4.69) is 20.8 Å². The highest BCUT2D eigenvalue weighted by molar-refractivity contribution is 7.89. The summed E-state index contributed by atoms with van der Waals surface area (Å²) < 4.78 is 27.8.